The van der Waals surface area contributed by atoms with Gasteiger partial charge in [-0.3, -0.25) is 4.99 Å². The lowest BCUT2D eigenvalue weighted by Gasteiger charge is -2.14. The Morgan fingerprint density at radius 2 is 1.70 bits per heavy atom. The summed E-state index contributed by atoms with van der Waals surface area (Å²) in [4.78, 5) is 4.54. The Hall–Kier alpha value is -2.59. The Balaban J connectivity index is 1.81. The SMILES string of the molecule is CCOc1cc(C=Nc2ccc(C)cc2)cc(Br)c1OCc1ccccc1. The van der Waals surface area contributed by atoms with Crippen LogP contribution in [0.5, 0.6) is 11.5 Å². The minimum Gasteiger partial charge on any atom is -0.490 e. The van der Waals surface area contributed by atoms with Crippen molar-refractivity contribution < 1.29 is 9.47 Å². The summed E-state index contributed by atoms with van der Waals surface area (Å²) in [5, 5.41) is 0. The smallest absolute Gasteiger partial charge is 0.175 e. The Kier molecular flexibility index (Phi) is 6.66. The van der Waals surface area contributed by atoms with E-state index in [2.05, 4.69) is 40.0 Å². The summed E-state index contributed by atoms with van der Waals surface area (Å²) in [6.07, 6.45) is 1.83. The summed E-state index contributed by atoms with van der Waals surface area (Å²) in [6, 6.07) is 22.1. The van der Waals surface area contributed by atoms with Gasteiger partial charge < -0.3 is 9.47 Å². The van der Waals surface area contributed by atoms with Crippen LogP contribution in [-0.4, -0.2) is 12.8 Å². The number of nitrogens with zero attached hydrogens (tertiary/aromatic N) is 1. The van der Waals surface area contributed by atoms with Gasteiger partial charge in [0.1, 0.15) is 6.61 Å². The van der Waals surface area contributed by atoms with Gasteiger partial charge in [0.15, 0.2) is 11.5 Å². The zero-order valence-electron chi connectivity index (χ0n) is 15.5. The minimum absolute atomic E-state index is 0.482. The molecule has 3 rings (SSSR count). The maximum absolute atomic E-state index is 6.02. The third kappa shape index (κ3) is 5.44. The van der Waals surface area contributed by atoms with Gasteiger partial charge in [-0.2, -0.15) is 0 Å². The van der Waals surface area contributed by atoms with Gasteiger partial charge in [-0.05, 0) is 65.2 Å². The number of hydrogen-bond acceptors (Lipinski definition) is 3. The van der Waals surface area contributed by atoms with Gasteiger partial charge in [0.05, 0.1) is 16.8 Å². The van der Waals surface area contributed by atoms with Gasteiger partial charge in [-0.25, -0.2) is 0 Å². The standard InChI is InChI=1S/C23H22BrNO2/c1-3-26-22-14-19(15-25-20-11-9-17(2)10-12-20)13-21(24)23(22)27-16-18-7-5-4-6-8-18/h4-15H,3,16H2,1-2H3. The van der Waals surface area contributed by atoms with E-state index in [0.29, 0.717) is 24.7 Å². The molecule has 0 saturated heterocycles. The van der Waals surface area contributed by atoms with Crippen molar-refractivity contribution >= 4 is 27.8 Å². The highest BCUT2D eigenvalue weighted by Crippen LogP contribution is 2.37. The van der Waals surface area contributed by atoms with Crippen LogP contribution in [-0.2, 0) is 6.61 Å². The molecule has 0 fully saturated rings. The first kappa shape index (κ1) is 19.2. The van der Waals surface area contributed by atoms with Crippen molar-refractivity contribution in [3.05, 3.63) is 87.9 Å². The highest BCUT2D eigenvalue weighted by Gasteiger charge is 2.12. The largest absolute Gasteiger partial charge is 0.490 e. The summed E-state index contributed by atoms with van der Waals surface area (Å²) < 4.78 is 12.7. The minimum atomic E-state index is 0.482. The third-order valence-corrected chi connectivity index (χ3v) is 4.54. The van der Waals surface area contributed by atoms with Gasteiger partial charge in [0.2, 0.25) is 0 Å². The van der Waals surface area contributed by atoms with Crippen molar-refractivity contribution in [3.8, 4) is 11.5 Å². The van der Waals surface area contributed by atoms with E-state index < -0.39 is 0 Å². The first-order chi connectivity index (χ1) is 13.2. The van der Waals surface area contributed by atoms with E-state index in [4.69, 9.17) is 9.47 Å². The zero-order chi connectivity index (χ0) is 19.1. The maximum atomic E-state index is 6.02. The second-order valence-corrected chi connectivity index (χ2v) is 6.99. The molecule has 0 aliphatic rings. The van der Waals surface area contributed by atoms with E-state index in [1.165, 1.54) is 5.56 Å². The normalized spacial score (nSPS) is 10.9. The third-order valence-electron chi connectivity index (χ3n) is 3.95. The van der Waals surface area contributed by atoms with Crippen LogP contribution in [0.1, 0.15) is 23.6 Å². The molecule has 0 atom stereocenters. The Morgan fingerprint density at radius 3 is 2.41 bits per heavy atom. The van der Waals surface area contributed by atoms with E-state index >= 15 is 0 Å². The number of hydrogen-bond donors (Lipinski definition) is 0. The molecule has 0 saturated carbocycles. The molecular weight excluding hydrogens is 402 g/mol. The van der Waals surface area contributed by atoms with Crippen LogP contribution in [0.15, 0.2) is 76.2 Å². The average Bonchev–Trinajstić information content (AvgIpc) is 2.68. The van der Waals surface area contributed by atoms with Crippen LogP contribution in [0, 0.1) is 6.92 Å². The highest BCUT2D eigenvalue weighted by atomic mass is 79.9. The van der Waals surface area contributed by atoms with Gasteiger partial charge in [-0.1, -0.05) is 48.0 Å². The van der Waals surface area contributed by atoms with E-state index in [9.17, 15) is 0 Å². The monoisotopic (exact) mass is 423 g/mol. The molecule has 3 aromatic rings. The van der Waals surface area contributed by atoms with Crippen molar-refractivity contribution in [2.24, 2.45) is 4.99 Å². The summed E-state index contributed by atoms with van der Waals surface area (Å²) in [5.74, 6) is 1.40. The molecule has 0 bridgehead atoms. The van der Waals surface area contributed by atoms with Crippen LogP contribution < -0.4 is 9.47 Å². The molecule has 0 heterocycles. The molecule has 0 radical (unpaired) electrons. The molecule has 0 aliphatic carbocycles. The van der Waals surface area contributed by atoms with Crippen molar-refractivity contribution in [3.63, 3.8) is 0 Å². The Bertz CT molecular complexity index is 906. The molecule has 0 unspecified atom stereocenters. The Morgan fingerprint density at radius 1 is 0.963 bits per heavy atom. The van der Waals surface area contributed by atoms with Gasteiger partial charge >= 0.3 is 0 Å². The molecule has 27 heavy (non-hydrogen) atoms. The fourth-order valence-corrected chi connectivity index (χ4v) is 3.15. The van der Waals surface area contributed by atoms with Crippen LogP contribution in [0.2, 0.25) is 0 Å². The van der Waals surface area contributed by atoms with Crippen molar-refractivity contribution in [2.75, 3.05) is 6.61 Å². The number of aliphatic imine (C=N–C) groups is 1. The second kappa shape index (κ2) is 9.38. The zero-order valence-corrected chi connectivity index (χ0v) is 17.1. The van der Waals surface area contributed by atoms with Crippen LogP contribution in [0.4, 0.5) is 5.69 Å². The van der Waals surface area contributed by atoms with Crippen molar-refractivity contribution in [1.29, 1.82) is 0 Å². The summed E-state index contributed by atoms with van der Waals surface area (Å²) in [6.45, 7) is 5.07. The number of rotatable bonds is 7. The molecule has 0 aliphatic heterocycles. The maximum Gasteiger partial charge on any atom is 0.175 e. The van der Waals surface area contributed by atoms with E-state index in [0.717, 1.165) is 21.3 Å². The summed E-state index contributed by atoms with van der Waals surface area (Å²) in [7, 11) is 0. The van der Waals surface area contributed by atoms with E-state index in [1.807, 2.05) is 67.7 Å². The lowest BCUT2D eigenvalue weighted by atomic mass is 10.2. The summed E-state index contributed by atoms with van der Waals surface area (Å²) in [5.41, 5.74) is 4.18. The van der Waals surface area contributed by atoms with Crippen LogP contribution in [0.25, 0.3) is 0 Å². The average molecular weight is 424 g/mol. The first-order valence-corrected chi connectivity index (χ1v) is 9.69. The van der Waals surface area contributed by atoms with E-state index in [1.54, 1.807) is 0 Å². The molecule has 0 N–H and O–H groups in total. The highest BCUT2D eigenvalue weighted by molar-refractivity contribution is 9.10. The summed E-state index contributed by atoms with van der Waals surface area (Å²) >= 11 is 3.61. The lowest BCUT2D eigenvalue weighted by molar-refractivity contribution is 0.267. The van der Waals surface area contributed by atoms with Crippen molar-refractivity contribution in [2.45, 2.75) is 20.5 Å². The van der Waals surface area contributed by atoms with Gasteiger partial charge in [0.25, 0.3) is 0 Å². The molecule has 3 aromatic carbocycles. The molecule has 0 amide bonds. The van der Waals surface area contributed by atoms with Crippen molar-refractivity contribution in [1.82, 2.24) is 0 Å². The topological polar surface area (TPSA) is 30.8 Å². The molecule has 4 heteroatoms. The molecule has 0 spiro atoms. The quantitative estimate of drug-likeness (QED) is 0.406. The fraction of sp³-hybridized carbons (Fsp3) is 0.174. The number of halogens is 1. The lowest BCUT2D eigenvalue weighted by Crippen LogP contribution is -2.01. The molecule has 138 valence electrons. The van der Waals surface area contributed by atoms with Gasteiger partial charge in [0, 0.05) is 6.21 Å². The fourth-order valence-electron chi connectivity index (χ4n) is 2.58. The first-order valence-electron chi connectivity index (χ1n) is 8.89. The van der Waals surface area contributed by atoms with E-state index in [-0.39, 0.29) is 0 Å². The predicted octanol–water partition coefficient (Wildman–Crippen LogP) is 6.49. The van der Waals surface area contributed by atoms with Crippen LogP contribution >= 0.6 is 15.9 Å². The second-order valence-electron chi connectivity index (χ2n) is 6.13. The van der Waals surface area contributed by atoms with Crippen LogP contribution in [0.3, 0.4) is 0 Å². The Labute approximate surface area is 168 Å². The predicted molar refractivity (Wildman–Crippen MR) is 115 cm³/mol. The van der Waals surface area contributed by atoms with Gasteiger partial charge in [-0.15, -0.1) is 0 Å². The number of benzene rings is 3. The molecule has 0 aromatic heterocycles. The molecular formula is C23H22BrNO2. The number of ether oxygens (including phenoxy) is 2. The number of aryl methyl sites for hydroxylation is 1. The molecule has 3 nitrogen and oxygen atoms in total.